The van der Waals surface area contributed by atoms with Crippen LogP contribution in [0.15, 0.2) is 12.1 Å². The normalized spacial score (nSPS) is 18.1. The van der Waals surface area contributed by atoms with Gasteiger partial charge in [0.15, 0.2) is 0 Å². The molecule has 0 radical (unpaired) electrons. The Kier molecular flexibility index (Phi) is 4.17. The molecule has 0 unspecified atom stereocenters. The van der Waals surface area contributed by atoms with E-state index in [0.29, 0.717) is 37.3 Å². The van der Waals surface area contributed by atoms with Gasteiger partial charge in [-0.25, -0.2) is 0 Å². The van der Waals surface area contributed by atoms with Crippen molar-refractivity contribution in [2.45, 2.75) is 32.2 Å². The Morgan fingerprint density at radius 2 is 2.11 bits per heavy atom. The number of carbonyl (C=O) groups is 1. The first-order valence-electron chi connectivity index (χ1n) is 6.52. The van der Waals surface area contributed by atoms with Gasteiger partial charge in [-0.15, -0.1) is 0 Å². The second-order valence-corrected chi connectivity index (χ2v) is 5.09. The van der Waals surface area contributed by atoms with E-state index >= 15 is 0 Å². The molecule has 1 saturated heterocycles. The summed E-state index contributed by atoms with van der Waals surface area (Å²) in [6.45, 7) is 4.76. The lowest BCUT2D eigenvalue weighted by Gasteiger charge is -2.36. The number of ether oxygens (including phenoxy) is 1. The number of rotatable bonds is 3. The minimum absolute atomic E-state index is 0.0690. The molecular formula is C14H20N2O3. The van der Waals surface area contributed by atoms with Crippen LogP contribution in [-0.4, -0.2) is 41.4 Å². The average molecular weight is 264 g/mol. The van der Waals surface area contributed by atoms with Crippen LogP contribution < -0.4 is 5.32 Å². The van der Waals surface area contributed by atoms with E-state index in [4.69, 9.17) is 4.74 Å². The Bertz CT molecular complexity index is 468. The molecule has 0 saturated carbocycles. The van der Waals surface area contributed by atoms with Gasteiger partial charge < -0.3 is 15.2 Å². The molecule has 2 N–H and O–H groups in total. The van der Waals surface area contributed by atoms with Gasteiger partial charge in [0.25, 0.3) is 5.91 Å². The predicted molar refractivity (Wildman–Crippen MR) is 71.0 cm³/mol. The Morgan fingerprint density at radius 1 is 1.42 bits per heavy atom. The smallest absolute Gasteiger partial charge is 0.253 e. The number of aliphatic hydroxyl groups is 1. The molecule has 1 aromatic rings. The molecule has 0 aromatic carbocycles. The average Bonchev–Trinajstić information content (AvgIpc) is 2.39. The minimum Gasteiger partial charge on any atom is -0.394 e. The van der Waals surface area contributed by atoms with Crippen molar-refractivity contribution in [1.29, 1.82) is 0 Å². The number of pyridine rings is 1. The highest BCUT2D eigenvalue weighted by atomic mass is 16.5. The lowest BCUT2D eigenvalue weighted by atomic mass is 9.90. The number of aryl methyl sites for hydroxylation is 2. The van der Waals surface area contributed by atoms with Crippen LogP contribution in [-0.2, 0) is 4.74 Å². The molecule has 0 spiro atoms. The first kappa shape index (κ1) is 14.0. The summed E-state index contributed by atoms with van der Waals surface area (Å²) in [5.74, 6) is -0.180. The fourth-order valence-electron chi connectivity index (χ4n) is 2.32. The minimum atomic E-state index is -0.563. The molecule has 5 heteroatoms. The Morgan fingerprint density at radius 3 is 2.68 bits per heavy atom. The third kappa shape index (κ3) is 3.11. The lowest BCUT2D eigenvalue weighted by molar-refractivity contribution is 0.0125. The third-order valence-electron chi connectivity index (χ3n) is 3.60. The predicted octanol–water partition coefficient (Wildman–Crippen LogP) is 0.970. The van der Waals surface area contributed by atoms with Crippen molar-refractivity contribution in [3.63, 3.8) is 0 Å². The van der Waals surface area contributed by atoms with E-state index in [1.807, 2.05) is 19.9 Å². The molecule has 104 valence electrons. The number of nitrogens with one attached hydrogen (secondary N) is 1. The van der Waals surface area contributed by atoms with Crippen molar-refractivity contribution in [1.82, 2.24) is 10.3 Å². The molecule has 1 aromatic heterocycles. The molecule has 1 aliphatic rings. The highest BCUT2D eigenvalue weighted by Gasteiger charge is 2.34. The van der Waals surface area contributed by atoms with Crippen molar-refractivity contribution in [3.8, 4) is 0 Å². The summed E-state index contributed by atoms with van der Waals surface area (Å²) >= 11 is 0. The molecule has 2 rings (SSSR count). The summed E-state index contributed by atoms with van der Waals surface area (Å²) in [5, 5.41) is 12.5. The standard InChI is InChI=1S/C14H20N2O3/c1-10-3-4-12(11(2)15-10)13(18)16-14(9-17)5-7-19-8-6-14/h3-4,17H,5-9H2,1-2H3,(H,16,18). The van der Waals surface area contributed by atoms with Crippen LogP contribution in [0.3, 0.4) is 0 Å². The maximum Gasteiger partial charge on any atom is 0.253 e. The van der Waals surface area contributed by atoms with Crippen LogP contribution in [0.4, 0.5) is 0 Å². The van der Waals surface area contributed by atoms with E-state index in [-0.39, 0.29) is 12.5 Å². The van der Waals surface area contributed by atoms with Crippen LogP contribution >= 0.6 is 0 Å². The number of hydrogen-bond acceptors (Lipinski definition) is 4. The maximum atomic E-state index is 12.3. The van der Waals surface area contributed by atoms with Gasteiger partial charge in [0.2, 0.25) is 0 Å². The summed E-state index contributed by atoms with van der Waals surface area (Å²) in [5.41, 5.74) is 1.59. The topological polar surface area (TPSA) is 71.5 Å². The van der Waals surface area contributed by atoms with Crippen LogP contribution in [0.25, 0.3) is 0 Å². The molecule has 2 heterocycles. The summed E-state index contributed by atoms with van der Waals surface area (Å²) < 4.78 is 5.28. The summed E-state index contributed by atoms with van der Waals surface area (Å²) in [6.07, 6.45) is 1.27. The summed E-state index contributed by atoms with van der Waals surface area (Å²) in [7, 11) is 0. The lowest BCUT2D eigenvalue weighted by Crippen LogP contribution is -2.54. The summed E-state index contributed by atoms with van der Waals surface area (Å²) in [4.78, 5) is 16.6. The molecule has 1 fully saturated rings. The van der Waals surface area contributed by atoms with E-state index in [2.05, 4.69) is 10.3 Å². The van der Waals surface area contributed by atoms with Crippen LogP contribution in [0.2, 0.25) is 0 Å². The van der Waals surface area contributed by atoms with E-state index in [1.54, 1.807) is 6.07 Å². The van der Waals surface area contributed by atoms with Crippen LogP contribution in [0.1, 0.15) is 34.6 Å². The SMILES string of the molecule is Cc1ccc(C(=O)NC2(CO)CCOCC2)c(C)n1. The monoisotopic (exact) mass is 264 g/mol. The van der Waals surface area contributed by atoms with Gasteiger partial charge in [-0.1, -0.05) is 0 Å². The van der Waals surface area contributed by atoms with E-state index in [9.17, 15) is 9.90 Å². The number of nitrogens with zero attached hydrogens (tertiary/aromatic N) is 1. The van der Waals surface area contributed by atoms with Gasteiger partial charge in [0, 0.05) is 18.9 Å². The molecule has 1 amide bonds. The van der Waals surface area contributed by atoms with Crippen LogP contribution in [0, 0.1) is 13.8 Å². The second kappa shape index (κ2) is 5.67. The van der Waals surface area contributed by atoms with Crippen molar-refractivity contribution < 1.29 is 14.6 Å². The maximum absolute atomic E-state index is 12.3. The highest BCUT2D eigenvalue weighted by molar-refractivity contribution is 5.95. The summed E-state index contributed by atoms with van der Waals surface area (Å²) in [6, 6.07) is 3.59. The molecule has 5 nitrogen and oxygen atoms in total. The molecule has 0 aliphatic carbocycles. The number of aromatic nitrogens is 1. The van der Waals surface area contributed by atoms with E-state index in [1.165, 1.54) is 0 Å². The molecule has 19 heavy (non-hydrogen) atoms. The fourth-order valence-corrected chi connectivity index (χ4v) is 2.32. The highest BCUT2D eigenvalue weighted by Crippen LogP contribution is 2.21. The molecular weight excluding hydrogens is 244 g/mol. The first-order chi connectivity index (χ1) is 9.06. The Balaban J connectivity index is 2.15. The third-order valence-corrected chi connectivity index (χ3v) is 3.60. The van der Waals surface area contributed by atoms with Gasteiger partial charge in [0.05, 0.1) is 23.4 Å². The van der Waals surface area contributed by atoms with E-state index in [0.717, 1.165) is 5.69 Å². The van der Waals surface area contributed by atoms with E-state index < -0.39 is 5.54 Å². The zero-order valence-electron chi connectivity index (χ0n) is 11.4. The molecule has 1 aliphatic heterocycles. The first-order valence-corrected chi connectivity index (χ1v) is 6.52. The number of amides is 1. The second-order valence-electron chi connectivity index (χ2n) is 5.09. The molecule has 0 bridgehead atoms. The Hall–Kier alpha value is -1.46. The van der Waals surface area contributed by atoms with Crippen molar-refractivity contribution in [2.75, 3.05) is 19.8 Å². The zero-order chi connectivity index (χ0) is 13.9. The number of hydrogen-bond donors (Lipinski definition) is 2. The van der Waals surface area contributed by atoms with Gasteiger partial charge >= 0.3 is 0 Å². The van der Waals surface area contributed by atoms with Gasteiger partial charge in [0.1, 0.15) is 0 Å². The van der Waals surface area contributed by atoms with Crippen molar-refractivity contribution in [2.24, 2.45) is 0 Å². The van der Waals surface area contributed by atoms with Gasteiger partial charge in [-0.05, 0) is 38.8 Å². The van der Waals surface area contributed by atoms with Crippen LogP contribution in [0.5, 0.6) is 0 Å². The van der Waals surface area contributed by atoms with Crippen molar-refractivity contribution >= 4 is 5.91 Å². The molecule has 0 atom stereocenters. The van der Waals surface area contributed by atoms with Gasteiger partial charge in [-0.3, -0.25) is 9.78 Å². The fraction of sp³-hybridized carbons (Fsp3) is 0.571. The van der Waals surface area contributed by atoms with Gasteiger partial charge in [-0.2, -0.15) is 0 Å². The zero-order valence-corrected chi connectivity index (χ0v) is 11.4. The quantitative estimate of drug-likeness (QED) is 0.853. The number of aliphatic hydroxyl groups excluding tert-OH is 1. The largest absolute Gasteiger partial charge is 0.394 e. The van der Waals surface area contributed by atoms with Crippen molar-refractivity contribution in [3.05, 3.63) is 29.1 Å². The number of carbonyl (C=O) groups excluding carboxylic acids is 1. The Labute approximate surface area is 113 Å².